The van der Waals surface area contributed by atoms with E-state index in [9.17, 15) is 9.59 Å². The van der Waals surface area contributed by atoms with Crippen LogP contribution in [-0.2, 0) is 6.42 Å². The lowest BCUT2D eigenvalue weighted by atomic mass is 9.96. The number of nitrogens with one attached hydrogen (secondary N) is 1. The number of pyridine rings is 1. The molecule has 6 nitrogen and oxygen atoms in total. The maximum atomic E-state index is 12.2. The number of carbonyl (C=O) groups excluding carboxylic acids is 1. The van der Waals surface area contributed by atoms with Gasteiger partial charge in [-0.25, -0.2) is 4.79 Å². The van der Waals surface area contributed by atoms with Crippen LogP contribution in [0.2, 0.25) is 0 Å². The number of fused-ring (bicyclic) bond motifs is 1. The Morgan fingerprint density at radius 3 is 2.70 bits per heavy atom. The van der Waals surface area contributed by atoms with Crippen molar-refractivity contribution in [3.63, 3.8) is 0 Å². The van der Waals surface area contributed by atoms with Crippen LogP contribution in [-0.4, -0.2) is 40.6 Å². The quantitative estimate of drug-likeness (QED) is 0.715. The van der Waals surface area contributed by atoms with Gasteiger partial charge in [0.15, 0.2) is 0 Å². The molecule has 0 atom stereocenters. The Morgan fingerprint density at radius 2 is 1.93 bits per heavy atom. The number of hydrogen-bond donors (Lipinski definition) is 2. The first-order valence-corrected chi connectivity index (χ1v) is 9.27. The third-order valence-electron chi connectivity index (χ3n) is 4.56. The highest BCUT2D eigenvalue weighted by atomic mass is 32.1. The van der Waals surface area contributed by atoms with Gasteiger partial charge in [-0.15, -0.1) is 11.3 Å². The van der Waals surface area contributed by atoms with Gasteiger partial charge in [-0.05, 0) is 47.9 Å². The van der Waals surface area contributed by atoms with Crippen molar-refractivity contribution in [1.82, 2.24) is 9.88 Å². The van der Waals surface area contributed by atoms with E-state index in [2.05, 4.69) is 16.4 Å². The van der Waals surface area contributed by atoms with Gasteiger partial charge in [0.05, 0.1) is 11.9 Å². The van der Waals surface area contributed by atoms with E-state index in [-0.39, 0.29) is 5.91 Å². The predicted octanol–water partition coefficient (Wildman–Crippen LogP) is 4.20. The van der Waals surface area contributed by atoms with Gasteiger partial charge < -0.3 is 10.0 Å². The molecule has 136 valence electrons. The van der Waals surface area contributed by atoms with E-state index in [1.54, 1.807) is 28.5 Å². The van der Waals surface area contributed by atoms with Crippen LogP contribution in [0, 0.1) is 0 Å². The highest BCUT2D eigenvalue weighted by Crippen LogP contribution is 2.36. The van der Waals surface area contributed by atoms with Crippen LogP contribution in [0.15, 0.2) is 48.8 Å². The molecule has 4 rings (SSSR count). The van der Waals surface area contributed by atoms with Crippen molar-refractivity contribution in [2.24, 2.45) is 0 Å². The molecule has 1 aliphatic rings. The van der Waals surface area contributed by atoms with Gasteiger partial charge in [-0.3, -0.25) is 15.1 Å². The molecule has 0 spiro atoms. The monoisotopic (exact) mass is 379 g/mol. The number of nitrogens with zero attached hydrogens (tertiary/aromatic N) is 2. The lowest BCUT2D eigenvalue weighted by Crippen LogP contribution is -2.34. The second-order valence-corrected chi connectivity index (χ2v) is 7.49. The fraction of sp³-hybridized carbons (Fsp3) is 0.150. The zero-order chi connectivity index (χ0) is 19.0. The minimum atomic E-state index is -1.12. The predicted molar refractivity (Wildman–Crippen MR) is 105 cm³/mol. The standard InChI is InChI=1S/C20H17N3O3S/c1-23-7-6-12-8-13(2-3-16(12)19(23)24)17-4-5-18(27-17)14-9-15(11-21-10-14)22-20(25)26/h2-5,8-11,22H,6-7H2,1H3,(H,25,26). The second-order valence-electron chi connectivity index (χ2n) is 6.40. The summed E-state index contributed by atoms with van der Waals surface area (Å²) in [6.45, 7) is 0.736. The number of carbonyl (C=O) groups is 2. The summed E-state index contributed by atoms with van der Waals surface area (Å²) in [4.78, 5) is 31.0. The Labute approximate surface area is 160 Å². The Morgan fingerprint density at radius 1 is 1.15 bits per heavy atom. The van der Waals surface area contributed by atoms with E-state index in [1.165, 1.54) is 6.20 Å². The van der Waals surface area contributed by atoms with E-state index in [0.717, 1.165) is 45.0 Å². The Hall–Kier alpha value is -3.19. The molecule has 0 bridgehead atoms. The van der Waals surface area contributed by atoms with Crippen molar-refractivity contribution in [2.75, 3.05) is 18.9 Å². The number of hydrogen-bond acceptors (Lipinski definition) is 4. The zero-order valence-electron chi connectivity index (χ0n) is 14.6. The maximum Gasteiger partial charge on any atom is 0.409 e. The van der Waals surface area contributed by atoms with Crippen molar-refractivity contribution in [3.8, 4) is 20.9 Å². The van der Waals surface area contributed by atoms with Gasteiger partial charge in [0.25, 0.3) is 5.91 Å². The van der Waals surface area contributed by atoms with Crippen molar-refractivity contribution < 1.29 is 14.7 Å². The highest BCUT2D eigenvalue weighted by molar-refractivity contribution is 7.18. The summed E-state index contributed by atoms with van der Waals surface area (Å²) in [5.41, 5.74) is 4.23. The SMILES string of the molecule is CN1CCc2cc(-c3ccc(-c4cncc(NC(=O)O)c4)s3)ccc2C1=O. The molecule has 0 saturated heterocycles. The average molecular weight is 379 g/mol. The molecular formula is C20H17N3O3S. The van der Waals surface area contributed by atoms with Gasteiger partial charge in [0.2, 0.25) is 0 Å². The average Bonchev–Trinajstić information content (AvgIpc) is 3.14. The first-order valence-electron chi connectivity index (χ1n) is 8.45. The summed E-state index contributed by atoms with van der Waals surface area (Å²) in [6, 6.07) is 11.8. The Balaban J connectivity index is 1.64. The highest BCUT2D eigenvalue weighted by Gasteiger charge is 2.21. The molecule has 3 heterocycles. The van der Waals surface area contributed by atoms with Crippen LogP contribution in [0.5, 0.6) is 0 Å². The first kappa shape index (κ1) is 17.2. The van der Waals surface area contributed by atoms with Crippen LogP contribution in [0.4, 0.5) is 10.5 Å². The van der Waals surface area contributed by atoms with E-state index in [0.29, 0.717) is 5.69 Å². The number of anilines is 1. The van der Waals surface area contributed by atoms with Crippen molar-refractivity contribution >= 4 is 29.0 Å². The van der Waals surface area contributed by atoms with Crippen LogP contribution in [0.3, 0.4) is 0 Å². The summed E-state index contributed by atoms with van der Waals surface area (Å²) in [7, 11) is 1.83. The number of carboxylic acid groups (broad SMARTS) is 1. The fourth-order valence-corrected chi connectivity index (χ4v) is 4.16. The Kier molecular flexibility index (Phi) is 4.37. The van der Waals surface area contributed by atoms with Crippen molar-refractivity contribution in [2.45, 2.75) is 6.42 Å². The number of rotatable bonds is 3. The van der Waals surface area contributed by atoms with Crippen LogP contribution in [0.1, 0.15) is 15.9 Å². The van der Waals surface area contributed by atoms with Crippen LogP contribution >= 0.6 is 11.3 Å². The largest absolute Gasteiger partial charge is 0.465 e. The number of amides is 2. The number of thiophene rings is 1. The smallest absolute Gasteiger partial charge is 0.409 e. The van der Waals surface area contributed by atoms with E-state index in [4.69, 9.17) is 5.11 Å². The number of aromatic nitrogens is 1. The minimum Gasteiger partial charge on any atom is -0.465 e. The molecule has 1 aliphatic heterocycles. The van der Waals surface area contributed by atoms with Gasteiger partial charge in [0.1, 0.15) is 0 Å². The third kappa shape index (κ3) is 3.41. The Bertz CT molecular complexity index is 1040. The molecule has 2 aromatic heterocycles. The van der Waals surface area contributed by atoms with Gasteiger partial charge in [0, 0.05) is 40.7 Å². The number of likely N-dealkylation sites (N-methyl/N-ethyl adjacent to an activating group) is 1. The lowest BCUT2D eigenvalue weighted by molar-refractivity contribution is 0.0781. The third-order valence-corrected chi connectivity index (χ3v) is 5.75. The van der Waals surface area contributed by atoms with Gasteiger partial charge in [-0.2, -0.15) is 0 Å². The maximum absolute atomic E-state index is 12.2. The molecule has 0 radical (unpaired) electrons. The van der Waals surface area contributed by atoms with E-state index in [1.807, 2.05) is 31.3 Å². The molecule has 1 aromatic carbocycles. The summed E-state index contributed by atoms with van der Waals surface area (Å²) < 4.78 is 0. The molecule has 0 unspecified atom stereocenters. The summed E-state index contributed by atoms with van der Waals surface area (Å²) in [5, 5.41) is 11.2. The van der Waals surface area contributed by atoms with Crippen LogP contribution in [0.25, 0.3) is 20.9 Å². The number of benzene rings is 1. The zero-order valence-corrected chi connectivity index (χ0v) is 15.4. The molecule has 3 aromatic rings. The summed E-state index contributed by atoms with van der Waals surface area (Å²) in [5.74, 6) is 0.0727. The van der Waals surface area contributed by atoms with E-state index >= 15 is 0 Å². The molecule has 2 amide bonds. The van der Waals surface area contributed by atoms with Crippen molar-refractivity contribution in [1.29, 1.82) is 0 Å². The molecule has 27 heavy (non-hydrogen) atoms. The normalized spacial score (nSPS) is 13.4. The van der Waals surface area contributed by atoms with Crippen molar-refractivity contribution in [3.05, 3.63) is 59.9 Å². The minimum absolute atomic E-state index is 0.0727. The summed E-state index contributed by atoms with van der Waals surface area (Å²) in [6.07, 6.45) is 2.93. The first-order chi connectivity index (χ1) is 13.0. The molecule has 2 N–H and O–H groups in total. The fourth-order valence-electron chi connectivity index (χ4n) is 3.17. The van der Waals surface area contributed by atoms with E-state index < -0.39 is 6.09 Å². The second kappa shape index (κ2) is 6.85. The molecule has 0 fully saturated rings. The van der Waals surface area contributed by atoms with Crippen LogP contribution < -0.4 is 5.32 Å². The molecule has 0 saturated carbocycles. The van der Waals surface area contributed by atoms with Gasteiger partial charge >= 0.3 is 6.09 Å². The topological polar surface area (TPSA) is 82.5 Å². The molecular weight excluding hydrogens is 362 g/mol. The van der Waals surface area contributed by atoms with Gasteiger partial charge in [-0.1, -0.05) is 6.07 Å². The molecule has 0 aliphatic carbocycles. The summed E-state index contributed by atoms with van der Waals surface area (Å²) >= 11 is 1.61. The molecule has 7 heteroatoms. The lowest BCUT2D eigenvalue weighted by Gasteiger charge is -2.25.